The molecule has 0 spiro atoms. The molecule has 3 heterocycles. The van der Waals surface area contributed by atoms with Gasteiger partial charge in [-0.05, 0) is 48.5 Å². The molecule has 0 saturated carbocycles. The van der Waals surface area contributed by atoms with E-state index in [-0.39, 0.29) is 6.04 Å². The van der Waals surface area contributed by atoms with Crippen LogP contribution in [0.15, 0.2) is 121 Å². The van der Waals surface area contributed by atoms with Gasteiger partial charge in [-0.3, -0.25) is 4.90 Å². The van der Waals surface area contributed by atoms with Crippen LogP contribution in [0.4, 0.5) is 11.4 Å². The Kier molecular flexibility index (Phi) is 5.37. The molecule has 7 nitrogen and oxygen atoms in total. The molecule has 0 fully saturated rings. The molecule has 5 aromatic rings. The van der Waals surface area contributed by atoms with E-state index >= 15 is 0 Å². The summed E-state index contributed by atoms with van der Waals surface area (Å²) in [5.74, 6) is 0.716. The Morgan fingerprint density at radius 2 is 1.55 bits per heavy atom. The number of nitrogens with zero attached hydrogens (tertiary/aromatic N) is 5. The SMILES string of the molecule is Clc1ccc(C2=NOC3(c4ccccc4)CC(c4cnn(-c5ccccc5)n4)Nc4ccccc4N23)cc1. The van der Waals surface area contributed by atoms with Gasteiger partial charge in [-0.1, -0.05) is 77.4 Å². The Hall–Kier alpha value is -4.62. The van der Waals surface area contributed by atoms with Crippen molar-refractivity contribution in [3.05, 3.63) is 137 Å². The number of aromatic nitrogens is 3. The molecule has 4 aromatic carbocycles. The first-order valence-corrected chi connectivity index (χ1v) is 12.8. The van der Waals surface area contributed by atoms with E-state index in [9.17, 15) is 0 Å². The minimum atomic E-state index is -0.920. The van der Waals surface area contributed by atoms with E-state index in [1.807, 2.05) is 91.1 Å². The van der Waals surface area contributed by atoms with Crippen molar-refractivity contribution >= 4 is 28.8 Å². The van der Waals surface area contributed by atoms with Gasteiger partial charge in [-0.15, -0.1) is 0 Å². The van der Waals surface area contributed by atoms with Gasteiger partial charge >= 0.3 is 0 Å². The van der Waals surface area contributed by atoms with E-state index in [4.69, 9.17) is 21.5 Å². The largest absolute Gasteiger partial charge is 0.375 e. The number of nitrogens with one attached hydrogen (secondary N) is 1. The van der Waals surface area contributed by atoms with E-state index in [1.54, 1.807) is 4.80 Å². The van der Waals surface area contributed by atoms with Gasteiger partial charge in [0.05, 0.1) is 29.3 Å². The van der Waals surface area contributed by atoms with Crippen LogP contribution in [0.2, 0.25) is 5.02 Å². The molecule has 0 bridgehead atoms. The molecule has 0 radical (unpaired) electrons. The fourth-order valence-corrected chi connectivity index (χ4v) is 5.32. The van der Waals surface area contributed by atoms with Gasteiger partial charge in [-0.2, -0.15) is 15.0 Å². The molecule has 0 amide bonds. The zero-order valence-electron chi connectivity index (χ0n) is 20.3. The van der Waals surface area contributed by atoms with Crippen molar-refractivity contribution in [2.45, 2.75) is 18.2 Å². The number of hydrogen-bond acceptors (Lipinski definition) is 6. The molecule has 2 aliphatic heterocycles. The smallest absolute Gasteiger partial charge is 0.243 e. The Morgan fingerprint density at radius 3 is 2.34 bits per heavy atom. The number of amidine groups is 1. The summed E-state index contributed by atoms with van der Waals surface area (Å²) in [7, 11) is 0. The second-order valence-electron chi connectivity index (χ2n) is 9.31. The molecule has 8 heteroatoms. The minimum absolute atomic E-state index is 0.210. The lowest BCUT2D eigenvalue weighted by atomic mass is 9.92. The summed E-state index contributed by atoms with van der Waals surface area (Å²) in [6, 6.07) is 35.8. The zero-order chi connectivity index (χ0) is 25.5. The van der Waals surface area contributed by atoms with Crippen LogP contribution in [0.1, 0.15) is 29.3 Å². The maximum Gasteiger partial charge on any atom is 0.243 e. The maximum absolute atomic E-state index is 6.49. The van der Waals surface area contributed by atoms with E-state index < -0.39 is 5.72 Å². The monoisotopic (exact) mass is 518 g/mol. The summed E-state index contributed by atoms with van der Waals surface area (Å²) in [6.45, 7) is 0. The first kappa shape index (κ1) is 22.6. The van der Waals surface area contributed by atoms with Crippen molar-refractivity contribution in [2.75, 3.05) is 10.2 Å². The van der Waals surface area contributed by atoms with Crippen molar-refractivity contribution in [1.29, 1.82) is 0 Å². The quantitative estimate of drug-likeness (QED) is 0.293. The molecule has 0 saturated heterocycles. The van der Waals surface area contributed by atoms with Crippen molar-refractivity contribution in [2.24, 2.45) is 5.16 Å². The molecular formula is C30H23ClN6O. The Labute approximate surface area is 224 Å². The number of anilines is 2. The predicted molar refractivity (Wildman–Crippen MR) is 148 cm³/mol. The lowest BCUT2D eigenvalue weighted by Gasteiger charge is -2.37. The van der Waals surface area contributed by atoms with Gasteiger partial charge in [0.25, 0.3) is 0 Å². The van der Waals surface area contributed by atoms with Gasteiger partial charge in [0.1, 0.15) is 5.69 Å². The Morgan fingerprint density at radius 1 is 0.842 bits per heavy atom. The molecule has 2 aliphatic rings. The molecule has 1 aromatic heterocycles. The first-order valence-electron chi connectivity index (χ1n) is 12.4. The van der Waals surface area contributed by atoms with E-state index in [1.165, 1.54) is 0 Å². The number of para-hydroxylation sites is 3. The average Bonchev–Trinajstić information content (AvgIpc) is 3.58. The molecule has 38 heavy (non-hydrogen) atoms. The molecule has 186 valence electrons. The number of hydrogen-bond donors (Lipinski definition) is 1. The molecule has 0 aliphatic carbocycles. The van der Waals surface area contributed by atoms with Crippen molar-refractivity contribution in [3.63, 3.8) is 0 Å². The topological polar surface area (TPSA) is 67.6 Å². The van der Waals surface area contributed by atoms with Crippen LogP contribution in [-0.2, 0) is 10.6 Å². The van der Waals surface area contributed by atoms with Crippen LogP contribution < -0.4 is 10.2 Å². The highest BCUT2D eigenvalue weighted by molar-refractivity contribution is 6.30. The second-order valence-corrected chi connectivity index (χ2v) is 9.75. The minimum Gasteiger partial charge on any atom is -0.375 e. The van der Waals surface area contributed by atoms with E-state index in [2.05, 4.69) is 44.7 Å². The summed E-state index contributed by atoms with van der Waals surface area (Å²) in [5, 5.41) is 18.5. The normalized spacial score (nSPS) is 20.0. The van der Waals surface area contributed by atoms with Crippen molar-refractivity contribution in [1.82, 2.24) is 15.0 Å². The summed E-state index contributed by atoms with van der Waals surface area (Å²) < 4.78 is 0. The lowest BCUT2D eigenvalue weighted by Crippen LogP contribution is -2.47. The third kappa shape index (κ3) is 3.71. The number of benzene rings is 4. The fraction of sp³-hybridized carbons (Fsp3) is 0.100. The molecule has 1 N–H and O–H groups in total. The summed E-state index contributed by atoms with van der Waals surface area (Å²) in [4.78, 5) is 10.3. The van der Waals surface area contributed by atoms with Gasteiger partial charge in [-0.25, -0.2) is 0 Å². The zero-order valence-corrected chi connectivity index (χ0v) is 21.0. The molecule has 2 unspecified atom stereocenters. The van der Waals surface area contributed by atoms with Gasteiger partial charge in [0.2, 0.25) is 5.72 Å². The average molecular weight is 519 g/mol. The van der Waals surface area contributed by atoms with Crippen LogP contribution in [0, 0.1) is 0 Å². The second kappa shape index (κ2) is 9.04. The van der Waals surface area contributed by atoms with E-state index in [0.717, 1.165) is 33.9 Å². The van der Waals surface area contributed by atoms with Crippen LogP contribution in [0.3, 0.4) is 0 Å². The van der Waals surface area contributed by atoms with Crippen LogP contribution in [0.25, 0.3) is 5.69 Å². The van der Waals surface area contributed by atoms with Gasteiger partial charge in [0.15, 0.2) is 5.84 Å². The molecular weight excluding hydrogens is 496 g/mol. The van der Waals surface area contributed by atoms with E-state index in [0.29, 0.717) is 17.3 Å². The van der Waals surface area contributed by atoms with Crippen molar-refractivity contribution < 1.29 is 4.84 Å². The fourth-order valence-electron chi connectivity index (χ4n) is 5.19. The number of halogens is 1. The summed E-state index contributed by atoms with van der Waals surface area (Å²) in [6.07, 6.45) is 2.34. The van der Waals surface area contributed by atoms with Crippen LogP contribution >= 0.6 is 11.6 Å². The van der Waals surface area contributed by atoms with Gasteiger partial charge < -0.3 is 10.2 Å². The number of rotatable bonds is 4. The summed E-state index contributed by atoms with van der Waals surface area (Å²) >= 11 is 6.21. The maximum atomic E-state index is 6.49. The van der Waals surface area contributed by atoms with Gasteiger partial charge in [0, 0.05) is 22.6 Å². The molecule has 2 atom stereocenters. The van der Waals surface area contributed by atoms with Crippen LogP contribution in [0.5, 0.6) is 0 Å². The Bertz CT molecular complexity index is 1620. The third-order valence-electron chi connectivity index (χ3n) is 6.99. The summed E-state index contributed by atoms with van der Waals surface area (Å²) in [5.41, 5.74) is 4.61. The molecule has 7 rings (SSSR count). The highest BCUT2D eigenvalue weighted by Crippen LogP contribution is 2.50. The number of oxime groups is 1. The van der Waals surface area contributed by atoms with Crippen molar-refractivity contribution in [3.8, 4) is 5.69 Å². The standard InChI is InChI=1S/C30H23ClN6O/c31-23-17-15-21(16-18-23)29-35-38-30(22-9-3-1-4-10-22)19-26(33-25-13-7-8-14-28(25)36(29)30)27-20-32-37(34-27)24-11-5-2-6-12-24/h1-18,20,26,33H,19H2. The lowest BCUT2D eigenvalue weighted by molar-refractivity contribution is -0.0311. The highest BCUT2D eigenvalue weighted by atomic mass is 35.5. The first-order chi connectivity index (χ1) is 18.7. The Balaban J connectivity index is 1.38. The number of fused-ring (bicyclic) bond motifs is 3. The van der Waals surface area contributed by atoms with Crippen LogP contribution in [-0.4, -0.2) is 20.8 Å². The highest BCUT2D eigenvalue weighted by Gasteiger charge is 2.53. The predicted octanol–water partition coefficient (Wildman–Crippen LogP) is 6.53. The third-order valence-corrected chi connectivity index (χ3v) is 7.24.